The molecule has 0 saturated carbocycles. The Bertz CT molecular complexity index is 395. The van der Waals surface area contributed by atoms with Crippen molar-refractivity contribution >= 4 is 0 Å². The molecule has 1 unspecified atom stereocenters. The van der Waals surface area contributed by atoms with Crippen LogP contribution in [0.15, 0.2) is 36.9 Å². The zero-order valence-corrected chi connectivity index (χ0v) is 11.8. The molecule has 0 fully saturated rings. The largest absolute Gasteiger partial charge is 0.416 e. The normalized spacial score (nSPS) is 13.2. The molecule has 1 aromatic carbocycles. The van der Waals surface area contributed by atoms with Crippen LogP contribution < -0.4 is 5.32 Å². The lowest BCUT2D eigenvalue weighted by Gasteiger charge is -2.17. The molecule has 1 atom stereocenters. The van der Waals surface area contributed by atoms with Gasteiger partial charge < -0.3 is 5.32 Å². The maximum Gasteiger partial charge on any atom is 0.416 e. The minimum absolute atomic E-state index is 0.112. The van der Waals surface area contributed by atoms with Crippen LogP contribution in [0, 0.1) is 0 Å². The fourth-order valence-electron chi connectivity index (χ4n) is 2.20. The number of hydrogen-bond donors (Lipinski definition) is 1. The number of unbranched alkanes of at least 4 members (excludes halogenated alkanes) is 3. The molecule has 0 saturated heterocycles. The number of allylic oxidation sites excluding steroid dienone is 1. The SMILES string of the molecule is C=CCCCCCC(NC)c1ccc(C(F)(F)F)cc1. The van der Waals surface area contributed by atoms with Gasteiger partial charge in [0.1, 0.15) is 0 Å². The van der Waals surface area contributed by atoms with E-state index in [1.165, 1.54) is 0 Å². The van der Waals surface area contributed by atoms with Crippen molar-refractivity contribution in [2.24, 2.45) is 0 Å². The molecule has 0 aliphatic heterocycles. The van der Waals surface area contributed by atoms with E-state index in [9.17, 15) is 13.2 Å². The summed E-state index contributed by atoms with van der Waals surface area (Å²) in [5.41, 5.74) is 0.311. The first-order valence-corrected chi connectivity index (χ1v) is 6.94. The number of halogens is 3. The standard InChI is InChI=1S/C16H22F3N/c1-3-4-5-6-7-8-15(20-2)13-9-11-14(12-10-13)16(17,18)19/h3,9-12,15,20H,1,4-8H2,2H3. The summed E-state index contributed by atoms with van der Waals surface area (Å²) in [6.45, 7) is 3.68. The highest BCUT2D eigenvalue weighted by molar-refractivity contribution is 5.26. The molecule has 1 N–H and O–H groups in total. The van der Waals surface area contributed by atoms with E-state index < -0.39 is 11.7 Å². The topological polar surface area (TPSA) is 12.0 Å². The molecular formula is C16H22F3N. The predicted octanol–water partition coefficient (Wildman–Crippen LogP) is 5.10. The first-order valence-electron chi connectivity index (χ1n) is 6.94. The van der Waals surface area contributed by atoms with E-state index in [0.717, 1.165) is 49.8 Å². The minimum atomic E-state index is -4.27. The van der Waals surface area contributed by atoms with Crippen molar-refractivity contribution in [3.63, 3.8) is 0 Å². The van der Waals surface area contributed by atoms with Crippen LogP contribution in [-0.2, 0) is 6.18 Å². The number of nitrogens with one attached hydrogen (secondary N) is 1. The van der Waals surface area contributed by atoms with Crippen LogP contribution in [-0.4, -0.2) is 7.05 Å². The van der Waals surface area contributed by atoms with Gasteiger partial charge >= 0.3 is 6.18 Å². The van der Waals surface area contributed by atoms with Crippen LogP contribution in [0.3, 0.4) is 0 Å². The van der Waals surface area contributed by atoms with Gasteiger partial charge in [0.05, 0.1) is 5.56 Å². The summed E-state index contributed by atoms with van der Waals surface area (Å²) < 4.78 is 37.5. The molecule has 1 aromatic rings. The lowest BCUT2D eigenvalue weighted by Crippen LogP contribution is -2.16. The van der Waals surface area contributed by atoms with Crippen LogP contribution in [0.2, 0.25) is 0 Å². The van der Waals surface area contributed by atoms with Crippen LogP contribution in [0.1, 0.15) is 49.3 Å². The molecule has 0 amide bonds. The Hall–Kier alpha value is -1.29. The monoisotopic (exact) mass is 285 g/mol. The van der Waals surface area contributed by atoms with E-state index in [2.05, 4.69) is 11.9 Å². The van der Waals surface area contributed by atoms with Crippen molar-refractivity contribution in [2.75, 3.05) is 7.05 Å². The van der Waals surface area contributed by atoms with E-state index in [1.807, 2.05) is 13.1 Å². The summed E-state index contributed by atoms with van der Waals surface area (Å²) in [4.78, 5) is 0. The molecule has 112 valence electrons. The third kappa shape index (κ3) is 5.37. The van der Waals surface area contributed by atoms with Crippen molar-refractivity contribution in [2.45, 2.75) is 44.3 Å². The van der Waals surface area contributed by atoms with Crippen LogP contribution in [0.25, 0.3) is 0 Å². The van der Waals surface area contributed by atoms with Gasteiger partial charge in [-0.2, -0.15) is 13.2 Å². The van der Waals surface area contributed by atoms with Crippen LogP contribution in [0.4, 0.5) is 13.2 Å². The lowest BCUT2D eigenvalue weighted by molar-refractivity contribution is -0.137. The Morgan fingerprint density at radius 3 is 2.30 bits per heavy atom. The van der Waals surface area contributed by atoms with Gasteiger partial charge in [0.15, 0.2) is 0 Å². The third-order valence-corrected chi connectivity index (χ3v) is 3.39. The quantitative estimate of drug-likeness (QED) is 0.517. The number of benzene rings is 1. The van der Waals surface area contributed by atoms with Gasteiger partial charge in [-0.3, -0.25) is 0 Å². The van der Waals surface area contributed by atoms with Gasteiger partial charge in [0.25, 0.3) is 0 Å². The smallest absolute Gasteiger partial charge is 0.313 e. The first-order chi connectivity index (χ1) is 9.49. The molecule has 20 heavy (non-hydrogen) atoms. The molecule has 0 aliphatic rings. The maximum atomic E-state index is 12.5. The highest BCUT2D eigenvalue weighted by Gasteiger charge is 2.30. The molecule has 1 nitrogen and oxygen atoms in total. The summed E-state index contributed by atoms with van der Waals surface area (Å²) in [6, 6.07) is 5.54. The number of alkyl halides is 3. The fourth-order valence-corrected chi connectivity index (χ4v) is 2.20. The summed E-state index contributed by atoms with van der Waals surface area (Å²) in [6.07, 6.45) is 2.88. The van der Waals surface area contributed by atoms with E-state index in [4.69, 9.17) is 0 Å². The summed E-state index contributed by atoms with van der Waals surface area (Å²) in [5.74, 6) is 0. The second kappa shape index (κ2) is 8.10. The molecule has 0 spiro atoms. The summed E-state index contributed by atoms with van der Waals surface area (Å²) >= 11 is 0. The molecule has 0 heterocycles. The van der Waals surface area contributed by atoms with Crippen molar-refractivity contribution in [3.05, 3.63) is 48.0 Å². The molecule has 0 bridgehead atoms. The first kappa shape index (κ1) is 16.8. The van der Waals surface area contributed by atoms with Gasteiger partial charge in [-0.15, -0.1) is 6.58 Å². The van der Waals surface area contributed by atoms with Crippen LogP contribution in [0.5, 0.6) is 0 Å². The number of rotatable bonds is 8. The molecule has 0 radical (unpaired) electrons. The second-order valence-corrected chi connectivity index (χ2v) is 4.89. The highest BCUT2D eigenvalue weighted by Crippen LogP contribution is 2.30. The predicted molar refractivity (Wildman–Crippen MR) is 76.5 cm³/mol. The van der Waals surface area contributed by atoms with E-state index in [-0.39, 0.29) is 6.04 Å². The van der Waals surface area contributed by atoms with E-state index >= 15 is 0 Å². The Kier molecular flexibility index (Phi) is 6.79. The molecule has 0 aromatic heterocycles. The zero-order valence-electron chi connectivity index (χ0n) is 11.8. The molecular weight excluding hydrogens is 263 g/mol. The Balaban J connectivity index is 2.54. The van der Waals surface area contributed by atoms with Crippen molar-refractivity contribution in [3.8, 4) is 0 Å². The lowest BCUT2D eigenvalue weighted by atomic mass is 9.99. The van der Waals surface area contributed by atoms with Crippen LogP contribution >= 0.6 is 0 Å². The molecule has 4 heteroatoms. The van der Waals surface area contributed by atoms with Crippen molar-refractivity contribution in [1.82, 2.24) is 5.32 Å². The summed E-state index contributed by atoms with van der Waals surface area (Å²) in [5, 5.41) is 3.17. The van der Waals surface area contributed by atoms with Gasteiger partial charge in [0.2, 0.25) is 0 Å². The van der Waals surface area contributed by atoms with Crippen molar-refractivity contribution < 1.29 is 13.2 Å². The highest BCUT2D eigenvalue weighted by atomic mass is 19.4. The van der Waals surface area contributed by atoms with Gasteiger partial charge in [0, 0.05) is 6.04 Å². The van der Waals surface area contributed by atoms with Gasteiger partial charge in [-0.05, 0) is 44.0 Å². The Morgan fingerprint density at radius 2 is 1.80 bits per heavy atom. The van der Waals surface area contributed by atoms with Crippen molar-refractivity contribution in [1.29, 1.82) is 0 Å². The average molecular weight is 285 g/mol. The third-order valence-electron chi connectivity index (χ3n) is 3.39. The summed E-state index contributed by atoms with van der Waals surface area (Å²) in [7, 11) is 1.84. The van der Waals surface area contributed by atoms with E-state index in [1.54, 1.807) is 12.1 Å². The van der Waals surface area contributed by atoms with Gasteiger partial charge in [-0.1, -0.05) is 31.1 Å². The van der Waals surface area contributed by atoms with Gasteiger partial charge in [-0.25, -0.2) is 0 Å². The van der Waals surface area contributed by atoms with E-state index in [0.29, 0.717) is 0 Å². The molecule has 0 aliphatic carbocycles. The molecule has 1 rings (SSSR count). The minimum Gasteiger partial charge on any atom is -0.313 e. The zero-order chi connectivity index (χ0) is 15.0. The number of hydrogen-bond acceptors (Lipinski definition) is 1. The maximum absolute atomic E-state index is 12.5. The second-order valence-electron chi connectivity index (χ2n) is 4.89. The Morgan fingerprint density at radius 1 is 1.15 bits per heavy atom. The Labute approximate surface area is 118 Å². The fraction of sp³-hybridized carbons (Fsp3) is 0.500. The average Bonchev–Trinajstić information content (AvgIpc) is 2.42.